The lowest BCUT2D eigenvalue weighted by Gasteiger charge is -2.12. The first-order chi connectivity index (χ1) is 9.72. The van der Waals surface area contributed by atoms with Gasteiger partial charge in [0.2, 0.25) is 0 Å². The Bertz CT molecular complexity index is 415. The summed E-state index contributed by atoms with van der Waals surface area (Å²) in [6.45, 7) is 5.74. The number of hydrogen-bond donors (Lipinski definition) is 0. The minimum Gasteiger partial charge on any atom is -0.493 e. The molecule has 1 aromatic carbocycles. The first kappa shape index (κ1) is 16.5. The van der Waals surface area contributed by atoms with Crippen LogP contribution >= 0.6 is 0 Å². The summed E-state index contributed by atoms with van der Waals surface area (Å²) in [6.07, 6.45) is 2.19. The molecule has 112 valence electrons. The van der Waals surface area contributed by atoms with Crippen LogP contribution in [0.3, 0.4) is 0 Å². The maximum atomic E-state index is 12.1. The maximum Gasteiger partial charge on any atom is 0.168 e. The first-order valence-corrected chi connectivity index (χ1v) is 7.14. The number of carbonyl (C=O) groups excluding carboxylic acids is 1. The third kappa shape index (κ3) is 5.21. The predicted molar refractivity (Wildman–Crippen MR) is 78.8 cm³/mol. The molecule has 0 radical (unpaired) electrons. The summed E-state index contributed by atoms with van der Waals surface area (Å²) < 4.78 is 16.2. The fraction of sp³-hybridized carbons (Fsp3) is 0.562. The smallest absolute Gasteiger partial charge is 0.168 e. The summed E-state index contributed by atoms with van der Waals surface area (Å²) in [5, 5.41) is 0. The van der Waals surface area contributed by atoms with E-state index in [9.17, 15) is 4.79 Å². The fourth-order valence-electron chi connectivity index (χ4n) is 1.70. The zero-order valence-corrected chi connectivity index (χ0v) is 12.6. The quantitative estimate of drug-likeness (QED) is 0.615. The van der Waals surface area contributed by atoms with Crippen LogP contribution in [-0.2, 0) is 4.74 Å². The molecule has 0 aliphatic carbocycles. The van der Waals surface area contributed by atoms with E-state index >= 15 is 0 Å². The average molecular weight is 280 g/mol. The highest BCUT2D eigenvalue weighted by atomic mass is 16.5. The monoisotopic (exact) mass is 280 g/mol. The lowest BCUT2D eigenvalue weighted by molar-refractivity contribution is 0.0928. The van der Waals surface area contributed by atoms with Crippen LogP contribution < -0.4 is 9.47 Å². The number of Topliss-reactive ketones (excluding diaryl/α,β-unsaturated/α-hetero) is 1. The molecule has 0 aliphatic rings. The van der Waals surface area contributed by atoms with Gasteiger partial charge in [-0.3, -0.25) is 4.79 Å². The molecule has 0 N–H and O–H groups in total. The second-order valence-corrected chi connectivity index (χ2v) is 4.52. The van der Waals surface area contributed by atoms with Gasteiger partial charge in [-0.1, -0.05) is 13.8 Å². The van der Waals surface area contributed by atoms with E-state index < -0.39 is 0 Å². The molecule has 0 bridgehead atoms. The summed E-state index contributed by atoms with van der Waals surface area (Å²) in [6, 6.07) is 5.38. The van der Waals surface area contributed by atoms with Crippen LogP contribution in [-0.4, -0.2) is 32.7 Å². The van der Waals surface area contributed by atoms with Gasteiger partial charge in [0.1, 0.15) is 11.5 Å². The number of methoxy groups -OCH3 is 1. The molecule has 0 aliphatic heterocycles. The van der Waals surface area contributed by atoms with Gasteiger partial charge in [0, 0.05) is 19.6 Å². The van der Waals surface area contributed by atoms with Crippen LogP contribution in [0.2, 0.25) is 0 Å². The molecule has 0 fully saturated rings. The summed E-state index contributed by atoms with van der Waals surface area (Å²) in [4.78, 5) is 12.1. The summed E-state index contributed by atoms with van der Waals surface area (Å²) in [7, 11) is 1.59. The van der Waals surface area contributed by atoms with E-state index in [1.165, 1.54) is 0 Å². The second-order valence-electron chi connectivity index (χ2n) is 4.52. The molecule has 0 aromatic heterocycles. The first-order valence-electron chi connectivity index (χ1n) is 7.14. The molecule has 4 heteroatoms. The van der Waals surface area contributed by atoms with Crippen LogP contribution in [0.1, 0.15) is 43.5 Å². The third-order valence-corrected chi connectivity index (χ3v) is 2.72. The molecule has 1 rings (SSSR count). The van der Waals surface area contributed by atoms with Gasteiger partial charge in [-0.05, 0) is 25.0 Å². The van der Waals surface area contributed by atoms with Gasteiger partial charge in [-0.25, -0.2) is 0 Å². The molecule has 0 saturated heterocycles. The molecule has 20 heavy (non-hydrogen) atoms. The van der Waals surface area contributed by atoms with Crippen molar-refractivity contribution in [2.45, 2.75) is 33.1 Å². The van der Waals surface area contributed by atoms with Crippen LogP contribution in [0.5, 0.6) is 11.5 Å². The molecule has 0 atom stereocenters. The Morgan fingerprint density at radius 3 is 2.40 bits per heavy atom. The van der Waals surface area contributed by atoms with E-state index in [4.69, 9.17) is 14.2 Å². The van der Waals surface area contributed by atoms with Crippen molar-refractivity contribution in [2.75, 3.05) is 26.9 Å². The topological polar surface area (TPSA) is 44.8 Å². The Hall–Kier alpha value is -1.55. The zero-order chi connectivity index (χ0) is 14.8. The third-order valence-electron chi connectivity index (χ3n) is 2.72. The molecular weight excluding hydrogens is 256 g/mol. The van der Waals surface area contributed by atoms with Crippen LogP contribution in [0.25, 0.3) is 0 Å². The Morgan fingerprint density at radius 1 is 1.05 bits per heavy atom. The van der Waals surface area contributed by atoms with Gasteiger partial charge in [-0.15, -0.1) is 0 Å². The number of ketones is 1. The Kier molecular flexibility index (Phi) is 7.73. The van der Waals surface area contributed by atoms with Crippen LogP contribution in [0.4, 0.5) is 0 Å². The van der Waals surface area contributed by atoms with E-state index in [2.05, 4.69) is 6.92 Å². The number of carbonyl (C=O) groups is 1. The van der Waals surface area contributed by atoms with Crippen molar-refractivity contribution in [1.29, 1.82) is 0 Å². The van der Waals surface area contributed by atoms with E-state index in [0.717, 1.165) is 18.6 Å². The SMILES string of the molecule is CCCOc1ccc(C(=O)CCOC)c(OCCC)c1. The summed E-state index contributed by atoms with van der Waals surface area (Å²) in [5.41, 5.74) is 0.597. The van der Waals surface area contributed by atoms with Crippen molar-refractivity contribution < 1.29 is 19.0 Å². The summed E-state index contributed by atoms with van der Waals surface area (Å²) in [5.74, 6) is 1.36. The second kappa shape index (κ2) is 9.37. The standard InChI is InChI=1S/C16H24O4/c1-4-9-19-13-6-7-14(15(17)8-11-18-3)16(12-13)20-10-5-2/h6-7,12H,4-5,8-11H2,1-3H3. The average Bonchev–Trinajstić information content (AvgIpc) is 2.48. The van der Waals surface area contributed by atoms with Crippen molar-refractivity contribution in [3.63, 3.8) is 0 Å². The fourth-order valence-corrected chi connectivity index (χ4v) is 1.70. The van der Waals surface area contributed by atoms with Crippen molar-refractivity contribution in [2.24, 2.45) is 0 Å². The Balaban J connectivity index is 2.87. The normalized spacial score (nSPS) is 10.3. The van der Waals surface area contributed by atoms with Crippen LogP contribution in [0.15, 0.2) is 18.2 Å². The highest BCUT2D eigenvalue weighted by molar-refractivity contribution is 5.98. The highest BCUT2D eigenvalue weighted by Crippen LogP contribution is 2.26. The lowest BCUT2D eigenvalue weighted by Crippen LogP contribution is -2.08. The molecule has 0 heterocycles. The predicted octanol–water partition coefficient (Wildman–Crippen LogP) is 3.48. The summed E-state index contributed by atoms with van der Waals surface area (Å²) >= 11 is 0. The zero-order valence-electron chi connectivity index (χ0n) is 12.6. The molecule has 0 spiro atoms. The highest BCUT2D eigenvalue weighted by Gasteiger charge is 2.13. The Labute approximate surface area is 121 Å². The Morgan fingerprint density at radius 2 is 1.75 bits per heavy atom. The number of hydrogen-bond acceptors (Lipinski definition) is 4. The van der Waals surface area contributed by atoms with Gasteiger partial charge < -0.3 is 14.2 Å². The largest absolute Gasteiger partial charge is 0.493 e. The van der Waals surface area contributed by atoms with Gasteiger partial charge in [0.15, 0.2) is 5.78 Å². The maximum absolute atomic E-state index is 12.1. The number of rotatable bonds is 10. The molecule has 0 saturated carbocycles. The van der Waals surface area contributed by atoms with E-state index in [1.807, 2.05) is 13.0 Å². The van der Waals surface area contributed by atoms with Crippen molar-refractivity contribution >= 4 is 5.78 Å². The molecule has 1 aromatic rings. The minimum atomic E-state index is 0.0278. The van der Waals surface area contributed by atoms with Gasteiger partial charge in [0.05, 0.1) is 25.4 Å². The van der Waals surface area contributed by atoms with E-state index in [-0.39, 0.29) is 5.78 Å². The van der Waals surface area contributed by atoms with E-state index in [1.54, 1.807) is 19.2 Å². The van der Waals surface area contributed by atoms with Crippen molar-refractivity contribution in [3.8, 4) is 11.5 Å². The molecule has 0 amide bonds. The van der Waals surface area contributed by atoms with Crippen LogP contribution in [0, 0.1) is 0 Å². The molecule has 0 unspecified atom stereocenters. The van der Waals surface area contributed by atoms with Crippen molar-refractivity contribution in [1.82, 2.24) is 0 Å². The molecular formula is C16H24O4. The van der Waals surface area contributed by atoms with Gasteiger partial charge in [-0.2, -0.15) is 0 Å². The van der Waals surface area contributed by atoms with Crippen molar-refractivity contribution in [3.05, 3.63) is 23.8 Å². The van der Waals surface area contributed by atoms with E-state index in [0.29, 0.717) is 37.6 Å². The lowest BCUT2D eigenvalue weighted by atomic mass is 10.1. The minimum absolute atomic E-state index is 0.0278. The van der Waals surface area contributed by atoms with Gasteiger partial charge in [0.25, 0.3) is 0 Å². The molecule has 4 nitrogen and oxygen atoms in total. The van der Waals surface area contributed by atoms with Gasteiger partial charge >= 0.3 is 0 Å². The number of benzene rings is 1. The number of ether oxygens (including phenoxy) is 3.